The van der Waals surface area contributed by atoms with Crippen molar-refractivity contribution in [3.63, 3.8) is 0 Å². The molecule has 0 aromatic heterocycles. The lowest BCUT2D eigenvalue weighted by atomic mass is 9.95. The molecule has 1 rings (SSSR count). The van der Waals surface area contributed by atoms with Crippen molar-refractivity contribution in [2.45, 2.75) is 51.6 Å². The van der Waals surface area contributed by atoms with Crippen molar-refractivity contribution in [1.29, 1.82) is 0 Å². The van der Waals surface area contributed by atoms with Gasteiger partial charge >= 0.3 is 0 Å². The van der Waals surface area contributed by atoms with E-state index in [1.54, 1.807) is 0 Å². The number of hydrogen-bond donors (Lipinski definition) is 0. The van der Waals surface area contributed by atoms with Crippen molar-refractivity contribution in [2.75, 3.05) is 0 Å². The fraction of sp³-hybridized carbons (Fsp3) is 0.800. The molecule has 1 atom stereocenters. The summed E-state index contributed by atoms with van der Waals surface area (Å²) in [6.07, 6.45) is 2.74. The zero-order valence-electron chi connectivity index (χ0n) is 8.26. The molecule has 0 aliphatic carbocycles. The number of carbonyl (C=O) groups is 1. The topological polar surface area (TPSA) is 20.3 Å². The van der Waals surface area contributed by atoms with Gasteiger partial charge in [0.25, 0.3) is 0 Å². The second kappa shape index (κ2) is 3.08. The summed E-state index contributed by atoms with van der Waals surface area (Å²) >= 11 is 0. The maximum atomic E-state index is 11.5. The van der Waals surface area contributed by atoms with Crippen LogP contribution in [0.4, 0.5) is 0 Å². The molecule has 0 spiro atoms. The van der Waals surface area contributed by atoms with E-state index in [2.05, 4.69) is 27.7 Å². The van der Waals surface area contributed by atoms with Gasteiger partial charge < -0.3 is 4.90 Å². The van der Waals surface area contributed by atoms with Crippen LogP contribution in [0.3, 0.4) is 0 Å². The summed E-state index contributed by atoms with van der Waals surface area (Å²) in [6.45, 7) is 10.2. The van der Waals surface area contributed by atoms with Crippen molar-refractivity contribution in [1.82, 2.24) is 4.90 Å². The lowest BCUT2D eigenvalue weighted by molar-refractivity contribution is -0.141. The molecule has 1 radical (unpaired) electrons. The molecule has 0 bridgehead atoms. The van der Waals surface area contributed by atoms with E-state index in [0.717, 1.165) is 12.8 Å². The molecule has 1 fully saturated rings. The summed E-state index contributed by atoms with van der Waals surface area (Å²) in [5, 5.41) is 0. The molecule has 69 valence electrons. The van der Waals surface area contributed by atoms with Crippen LogP contribution in [-0.2, 0) is 4.79 Å². The van der Waals surface area contributed by atoms with Gasteiger partial charge in [-0.05, 0) is 40.5 Å². The van der Waals surface area contributed by atoms with Gasteiger partial charge in [-0.3, -0.25) is 4.79 Å². The van der Waals surface area contributed by atoms with E-state index >= 15 is 0 Å². The number of rotatable bonds is 0. The monoisotopic (exact) mass is 168 g/mol. The Morgan fingerprint density at radius 3 is 2.42 bits per heavy atom. The van der Waals surface area contributed by atoms with Gasteiger partial charge in [0.15, 0.2) is 0 Å². The minimum Gasteiger partial charge on any atom is -0.335 e. The fourth-order valence-corrected chi connectivity index (χ4v) is 1.86. The quantitative estimate of drug-likeness (QED) is 0.541. The summed E-state index contributed by atoms with van der Waals surface area (Å²) in [7, 11) is 0. The standard InChI is InChI=1S/C10H18NO/c1-8-6-5-7-9(12)11(8)10(2,3)4/h8H,1,5-7H2,2-4H3. The van der Waals surface area contributed by atoms with E-state index in [1.165, 1.54) is 0 Å². The first kappa shape index (κ1) is 9.56. The van der Waals surface area contributed by atoms with Gasteiger partial charge in [-0.2, -0.15) is 0 Å². The molecular weight excluding hydrogens is 150 g/mol. The molecule has 0 aromatic carbocycles. The predicted octanol–water partition coefficient (Wildman–Crippen LogP) is 2.00. The first-order chi connectivity index (χ1) is 5.43. The molecule has 0 saturated carbocycles. The van der Waals surface area contributed by atoms with E-state index in [-0.39, 0.29) is 17.5 Å². The molecule has 0 aromatic rings. The normalized spacial score (nSPS) is 26.2. The van der Waals surface area contributed by atoms with Gasteiger partial charge in [0.1, 0.15) is 0 Å². The molecule has 1 saturated heterocycles. The van der Waals surface area contributed by atoms with Crippen molar-refractivity contribution in [3.05, 3.63) is 6.92 Å². The van der Waals surface area contributed by atoms with Gasteiger partial charge in [-0.25, -0.2) is 0 Å². The third kappa shape index (κ3) is 1.79. The Morgan fingerprint density at radius 2 is 2.08 bits per heavy atom. The Kier molecular flexibility index (Phi) is 2.45. The maximum absolute atomic E-state index is 11.5. The highest BCUT2D eigenvalue weighted by Crippen LogP contribution is 2.25. The van der Waals surface area contributed by atoms with Crippen LogP contribution in [0.15, 0.2) is 0 Å². The van der Waals surface area contributed by atoms with Crippen molar-refractivity contribution in [3.8, 4) is 0 Å². The summed E-state index contributed by atoms with van der Waals surface area (Å²) in [5.41, 5.74) is -0.0656. The van der Waals surface area contributed by atoms with Gasteiger partial charge in [-0.1, -0.05) is 0 Å². The fourth-order valence-electron chi connectivity index (χ4n) is 1.86. The molecule has 0 N–H and O–H groups in total. The molecule has 1 heterocycles. The zero-order chi connectivity index (χ0) is 9.35. The van der Waals surface area contributed by atoms with Crippen LogP contribution in [0.1, 0.15) is 40.0 Å². The zero-order valence-corrected chi connectivity index (χ0v) is 8.26. The minimum absolute atomic E-state index is 0.0656. The smallest absolute Gasteiger partial charge is 0.223 e. The number of nitrogens with zero attached hydrogens (tertiary/aromatic N) is 1. The van der Waals surface area contributed by atoms with Gasteiger partial charge in [0.2, 0.25) is 5.91 Å². The van der Waals surface area contributed by atoms with Crippen LogP contribution in [-0.4, -0.2) is 22.4 Å². The van der Waals surface area contributed by atoms with Crippen molar-refractivity contribution >= 4 is 5.91 Å². The van der Waals surface area contributed by atoms with Crippen molar-refractivity contribution < 1.29 is 4.79 Å². The van der Waals surface area contributed by atoms with E-state index in [4.69, 9.17) is 0 Å². The third-order valence-electron chi connectivity index (χ3n) is 2.28. The molecule has 1 amide bonds. The Morgan fingerprint density at radius 1 is 1.50 bits per heavy atom. The molecule has 12 heavy (non-hydrogen) atoms. The third-order valence-corrected chi connectivity index (χ3v) is 2.28. The predicted molar refractivity (Wildman–Crippen MR) is 49.6 cm³/mol. The van der Waals surface area contributed by atoms with Crippen LogP contribution in [0, 0.1) is 6.92 Å². The van der Waals surface area contributed by atoms with Crippen LogP contribution >= 0.6 is 0 Å². The lowest BCUT2D eigenvalue weighted by Gasteiger charge is -2.43. The first-order valence-electron chi connectivity index (χ1n) is 4.58. The molecule has 1 unspecified atom stereocenters. The van der Waals surface area contributed by atoms with E-state index in [1.807, 2.05) is 4.90 Å². The summed E-state index contributed by atoms with van der Waals surface area (Å²) in [6, 6.07) is 0.172. The number of hydrogen-bond acceptors (Lipinski definition) is 1. The SMILES string of the molecule is [CH2]C1CCCC(=O)N1C(C)(C)C. The highest BCUT2D eigenvalue weighted by Gasteiger charge is 2.32. The molecule has 2 heteroatoms. The largest absolute Gasteiger partial charge is 0.335 e. The number of likely N-dealkylation sites (tertiary alicyclic amines) is 1. The minimum atomic E-state index is -0.0656. The van der Waals surface area contributed by atoms with E-state index < -0.39 is 0 Å². The van der Waals surface area contributed by atoms with Gasteiger partial charge in [0.05, 0.1) is 0 Å². The lowest BCUT2D eigenvalue weighted by Crippen LogP contribution is -2.52. The van der Waals surface area contributed by atoms with Crippen LogP contribution in [0.2, 0.25) is 0 Å². The summed E-state index contributed by atoms with van der Waals surface area (Å²) < 4.78 is 0. The highest BCUT2D eigenvalue weighted by atomic mass is 16.2. The Labute approximate surface area is 74.9 Å². The summed E-state index contributed by atoms with van der Waals surface area (Å²) in [4.78, 5) is 13.5. The van der Waals surface area contributed by atoms with Crippen molar-refractivity contribution in [2.24, 2.45) is 0 Å². The van der Waals surface area contributed by atoms with Crippen LogP contribution in [0.25, 0.3) is 0 Å². The average Bonchev–Trinajstić information content (AvgIpc) is 1.82. The highest BCUT2D eigenvalue weighted by molar-refractivity contribution is 5.78. The molecular formula is C10H18NO. The van der Waals surface area contributed by atoms with Crippen LogP contribution in [0.5, 0.6) is 0 Å². The van der Waals surface area contributed by atoms with E-state index in [0.29, 0.717) is 6.42 Å². The Bertz CT molecular complexity index is 181. The van der Waals surface area contributed by atoms with Gasteiger partial charge in [0, 0.05) is 18.0 Å². The van der Waals surface area contributed by atoms with Gasteiger partial charge in [-0.15, -0.1) is 0 Å². The Hall–Kier alpha value is -0.530. The average molecular weight is 168 g/mol. The molecule has 2 nitrogen and oxygen atoms in total. The Balaban J connectivity index is 2.77. The molecule has 1 aliphatic rings. The second-order valence-electron chi connectivity index (χ2n) is 4.48. The molecule has 1 aliphatic heterocycles. The maximum Gasteiger partial charge on any atom is 0.223 e. The van der Waals surface area contributed by atoms with Crippen LogP contribution < -0.4 is 0 Å². The number of amides is 1. The summed E-state index contributed by atoms with van der Waals surface area (Å²) in [5.74, 6) is 0.258. The first-order valence-corrected chi connectivity index (χ1v) is 4.58. The number of piperidine rings is 1. The second-order valence-corrected chi connectivity index (χ2v) is 4.48. The van der Waals surface area contributed by atoms with E-state index in [9.17, 15) is 4.79 Å². The number of carbonyl (C=O) groups excluding carboxylic acids is 1.